The van der Waals surface area contributed by atoms with Crippen molar-refractivity contribution in [2.45, 2.75) is 70.7 Å². The van der Waals surface area contributed by atoms with E-state index in [0.717, 1.165) is 27.8 Å². The molecular weight excluding hydrogens is 824 g/mol. The highest BCUT2D eigenvalue weighted by Crippen LogP contribution is 2.44. The number of rotatable bonds is 14. The van der Waals surface area contributed by atoms with Gasteiger partial charge in [-0.3, -0.25) is 19.3 Å². The van der Waals surface area contributed by atoms with E-state index in [1.165, 1.54) is 11.0 Å². The monoisotopic (exact) mass is 876 g/mol. The minimum absolute atomic E-state index is 0.0150. The molecule has 336 valence electrons. The number of amides is 5. The quantitative estimate of drug-likeness (QED) is 0.0933. The second kappa shape index (κ2) is 19.6. The first-order chi connectivity index (χ1) is 30.6. The van der Waals surface area contributed by atoms with Gasteiger partial charge in [0, 0.05) is 57.0 Å². The zero-order valence-electron chi connectivity index (χ0n) is 36.4. The van der Waals surface area contributed by atoms with Crippen LogP contribution in [0.5, 0.6) is 0 Å². The van der Waals surface area contributed by atoms with Crippen molar-refractivity contribution in [3.8, 4) is 11.1 Å². The van der Waals surface area contributed by atoms with E-state index < -0.39 is 47.8 Å². The average molecular weight is 877 g/mol. The number of cyclic esters (lactones) is 1. The van der Waals surface area contributed by atoms with Gasteiger partial charge in [-0.05, 0) is 73.7 Å². The third kappa shape index (κ3) is 11.0. The lowest BCUT2D eigenvalue weighted by molar-refractivity contribution is -0.131. The van der Waals surface area contributed by atoms with E-state index in [-0.39, 0.29) is 56.7 Å². The Bertz CT molecular complexity index is 2350. The summed E-state index contributed by atoms with van der Waals surface area (Å²) in [4.78, 5) is 80.9. The number of nitrogens with zero attached hydrogens (tertiary/aromatic N) is 3. The number of carbonyl (C=O) groups is 6. The fraction of sp³-hybridized carbons (Fsp3) is 0.375. The molecule has 64 heavy (non-hydrogen) atoms. The van der Waals surface area contributed by atoms with Gasteiger partial charge in [0.15, 0.2) is 5.78 Å². The molecule has 0 saturated carbocycles. The van der Waals surface area contributed by atoms with Gasteiger partial charge in [-0.2, -0.15) is 0 Å². The molecule has 0 spiro atoms. The highest BCUT2D eigenvalue weighted by Gasteiger charge is 2.34. The number of Topliss-reactive ketones (excluding diaryl/α,β-unsaturated/α-hetero) is 1. The van der Waals surface area contributed by atoms with Crippen molar-refractivity contribution in [2.75, 3.05) is 55.7 Å². The fourth-order valence-corrected chi connectivity index (χ4v) is 8.02. The third-order valence-corrected chi connectivity index (χ3v) is 11.3. The molecule has 3 N–H and O–H groups in total. The largest absolute Gasteiger partial charge is 0.449 e. The summed E-state index contributed by atoms with van der Waals surface area (Å²) in [5.74, 6) is -1.40. The maximum atomic E-state index is 15.4. The molecule has 15 nitrogen and oxygen atoms in total. The Morgan fingerprint density at radius 2 is 1.48 bits per heavy atom. The summed E-state index contributed by atoms with van der Waals surface area (Å²) in [6.07, 6.45) is -2.57. The van der Waals surface area contributed by atoms with Crippen LogP contribution < -0.4 is 25.8 Å². The van der Waals surface area contributed by atoms with Gasteiger partial charge in [0.25, 0.3) is 0 Å². The minimum atomic E-state index is -0.855. The van der Waals surface area contributed by atoms with Gasteiger partial charge in [-0.25, -0.2) is 18.8 Å². The van der Waals surface area contributed by atoms with Crippen molar-refractivity contribution >= 4 is 47.3 Å². The normalized spacial score (nSPS) is 16.3. The average Bonchev–Trinajstić information content (AvgIpc) is 3.82. The predicted octanol–water partition coefficient (Wildman–Crippen LogP) is 6.53. The highest BCUT2D eigenvalue weighted by atomic mass is 19.1. The van der Waals surface area contributed by atoms with Crippen molar-refractivity contribution in [1.82, 2.24) is 20.9 Å². The van der Waals surface area contributed by atoms with Crippen LogP contribution in [0.25, 0.3) is 11.1 Å². The molecule has 0 aromatic heterocycles. The summed E-state index contributed by atoms with van der Waals surface area (Å²) in [6, 6.07) is 26.5. The molecule has 5 amide bonds. The van der Waals surface area contributed by atoms with E-state index in [2.05, 4.69) is 28.1 Å². The molecular formula is C48H53FN6O9. The molecule has 1 unspecified atom stereocenters. The van der Waals surface area contributed by atoms with Crippen molar-refractivity contribution < 1.29 is 47.4 Å². The van der Waals surface area contributed by atoms with Gasteiger partial charge in [0.2, 0.25) is 11.8 Å². The smallest absolute Gasteiger partial charge is 0.414 e. The van der Waals surface area contributed by atoms with Crippen molar-refractivity contribution in [3.63, 3.8) is 0 Å². The number of piperazine rings is 1. The number of alkyl carbamates (subject to hydrolysis) is 2. The summed E-state index contributed by atoms with van der Waals surface area (Å²) in [5, 5.41) is 7.98. The zero-order valence-corrected chi connectivity index (χ0v) is 36.4. The topological polar surface area (TPSA) is 176 Å². The second-order valence-corrected chi connectivity index (χ2v) is 17.0. The molecule has 0 radical (unpaired) electrons. The lowest BCUT2D eigenvalue weighted by Gasteiger charge is -2.36. The van der Waals surface area contributed by atoms with Crippen molar-refractivity contribution in [1.29, 1.82) is 0 Å². The molecule has 4 aromatic rings. The van der Waals surface area contributed by atoms with E-state index in [1.807, 2.05) is 41.3 Å². The summed E-state index contributed by atoms with van der Waals surface area (Å²) < 4.78 is 31.5. The maximum absolute atomic E-state index is 15.4. The lowest BCUT2D eigenvalue weighted by Crippen LogP contribution is -2.49. The van der Waals surface area contributed by atoms with Crippen LogP contribution in [0.1, 0.15) is 73.5 Å². The Morgan fingerprint density at radius 3 is 2.12 bits per heavy atom. The summed E-state index contributed by atoms with van der Waals surface area (Å²) in [7, 11) is 0. The van der Waals surface area contributed by atoms with E-state index in [4.69, 9.17) is 14.2 Å². The molecule has 16 heteroatoms. The van der Waals surface area contributed by atoms with E-state index in [1.54, 1.807) is 69.0 Å². The van der Waals surface area contributed by atoms with Gasteiger partial charge in [0.1, 0.15) is 30.2 Å². The first-order valence-electron chi connectivity index (χ1n) is 21.4. The Balaban J connectivity index is 0.794. The third-order valence-electron chi connectivity index (χ3n) is 11.3. The molecule has 4 aromatic carbocycles. The number of fused-ring (bicyclic) bond motifs is 3. The van der Waals surface area contributed by atoms with Crippen LogP contribution in [0.4, 0.5) is 30.1 Å². The van der Waals surface area contributed by atoms with Gasteiger partial charge in [-0.1, -0.05) is 72.8 Å². The number of ketones is 1. The molecule has 2 heterocycles. The molecule has 2 fully saturated rings. The Kier molecular flexibility index (Phi) is 13.8. The van der Waals surface area contributed by atoms with E-state index in [0.29, 0.717) is 43.1 Å². The van der Waals surface area contributed by atoms with Crippen LogP contribution in [0.15, 0.2) is 91.0 Å². The summed E-state index contributed by atoms with van der Waals surface area (Å²) in [5.41, 5.74) is 5.59. The van der Waals surface area contributed by atoms with Crippen LogP contribution in [-0.4, -0.2) is 104 Å². The fourth-order valence-electron chi connectivity index (χ4n) is 8.02. The number of hydrogen-bond donors (Lipinski definition) is 3. The zero-order chi connectivity index (χ0) is 45.5. The number of halogens is 1. The molecule has 2 atom stereocenters. The molecule has 3 aliphatic rings. The van der Waals surface area contributed by atoms with Crippen LogP contribution in [0.2, 0.25) is 0 Å². The van der Waals surface area contributed by atoms with E-state index >= 15 is 4.39 Å². The first-order valence-corrected chi connectivity index (χ1v) is 21.4. The molecule has 2 saturated heterocycles. The van der Waals surface area contributed by atoms with Gasteiger partial charge in [0.05, 0.1) is 24.5 Å². The lowest BCUT2D eigenvalue weighted by atomic mass is 9.98. The Morgan fingerprint density at radius 1 is 0.828 bits per heavy atom. The first kappa shape index (κ1) is 45.1. The number of ether oxygens (including phenoxy) is 3. The summed E-state index contributed by atoms with van der Waals surface area (Å²) >= 11 is 0. The maximum Gasteiger partial charge on any atom is 0.414 e. The van der Waals surface area contributed by atoms with Crippen LogP contribution in [0, 0.1) is 5.82 Å². The number of carbonyl (C=O) groups excluding carboxylic acids is 6. The SMILES string of the molecule is CC(NC(=O)OCC1c2ccccc2-c2ccccc21)C(=O)NCc1ccc(C(=O)CCC(=O)N2CCN(c3ccc(N4C[C@H](CNC(=O)OC(C)(C)C)OC4=O)cc3F)CC2)cc1. The van der Waals surface area contributed by atoms with Crippen LogP contribution in [0.3, 0.4) is 0 Å². The molecule has 2 aliphatic heterocycles. The predicted molar refractivity (Wildman–Crippen MR) is 237 cm³/mol. The van der Waals surface area contributed by atoms with Gasteiger partial charge < -0.3 is 40.0 Å². The van der Waals surface area contributed by atoms with Crippen LogP contribution in [-0.2, 0) is 30.3 Å². The number of benzene rings is 4. The Labute approximate surface area is 371 Å². The standard InChI is InChI=1S/C48H53FN6O9/c1-30(52-46(60)62-29-39-37-11-7-5-9-35(37)36-10-6-8-12-38(36)39)44(58)50-26-31-13-15-32(16-14-31)42(56)19-20-43(57)54-23-21-53(22-24-54)41-18-17-33(25-40(41)49)55-28-34(63-47(55)61)27-51-45(59)64-48(2,3)4/h5-18,25,30,34,39H,19-24,26-29H2,1-4H3,(H,50,58)(H,51,59)(H,52,60)/t30?,34-/m0/s1. The van der Waals surface area contributed by atoms with Crippen molar-refractivity contribution in [3.05, 3.63) is 119 Å². The highest BCUT2D eigenvalue weighted by molar-refractivity contribution is 5.98. The molecule has 1 aliphatic carbocycles. The van der Waals surface area contributed by atoms with E-state index in [9.17, 15) is 28.8 Å². The van der Waals surface area contributed by atoms with Crippen molar-refractivity contribution in [2.24, 2.45) is 0 Å². The second-order valence-electron chi connectivity index (χ2n) is 17.0. The molecule has 7 rings (SSSR count). The number of hydrogen-bond acceptors (Lipinski definition) is 10. The number of anilines is 2. The summed E-state index contributed by atoms with van der Waals surface area (Å²) in [6.45, 7) is 8.71. The minimum Gasteiger partial charge on any atom is -0.449 e. The molecule has 0 bridgehead atoms. The number of nitrogens with one attached hydrogen (secondary N) is 3. The van der Waals surface area contributed by atoms with Gasteiger partial charge >= 0.3 is 18.3 Å². The Hall–Kier alpha value is -6.97. The van der Waals surface area contributed by atoms with Crippen LogP contribution >= 0.6 is 0 Å². The van der Waals surface area contributed by atoms with Gasteiger partial charge in [-0.15, -0.1) is 0 Å².